The van der Waals surface area contributed by atoms with Crippen molar-refractivity contribution in [3.05, 3.63) is 59.9 Å². The van der Waals surface area contributed by atoms with Crippen LogP contribution in [0, 0.1) is 0 Å². The smallest absolute Gasteiger partial charge is 0.438 e. The Bertz CT molecular complexity index is 1070. The minimum absolute atomic E-state index is 0.0485. The highest BCUT2D eigenvalue weighted by molar-refractivity contribution is 7.14. The van der Waals surface area contributed by atoms with Crippen molar-refractivity contribution in [3.63, 3.8) is 0 Å². The number of aliphatic hydroxyl groups is 1. The van der Waals surface area contributed by atoms with Crippen molar-refractivity contribution in [1.82, 2.24) is 4.98 Å². The van der Waals surface area contributed by atoms with Crippen LogP contribution < -0.4 is 9.75 Å². The lowest BCUT2D eigenvalue weighted by Crippen LogP contribution is -2.55. The maximum atomic E-state index is 13.7. The number of aromatic nitrogens is 1. The fraction of sp³-hybridized carbons (Fsp3) is 0.200. The van der Waals surface area contributed by atoms with E-state index < -0.39 is 18.3 Å². The number of thiazole rings is 1. The van der Waals surface area contributed by atoms with E-state index in [-0.39, 0.29) is 10.8 Å². The molecule has 4 rings (SSSR count). The van der Waals surface area contributed by atoms with Gasteiger partial charge in [0, 0.05) is 10.9 Å². The largest absolute Gasteiger partial charge is 0.497 e. The van der Waals surface area contributed by atoms with Crippen molar-refractivity contribution in [1.29, 1.82) is 0 Å². The van der Waals surface area contributed by atoms with Crippen molar-refractivity contribution in [2.24, 2.45) is 5.10 Å². The van der Waals surface area contributed by atoms with Gasteiger partial charge in [-0.15, -0.1) is 11.3 Å². The molecule has 0 fully saturated rings. The van der Waals surface area contributed by atoms with Gasteiger partial charge in [0.2, 0.25) is 5.13 Å². The molecule has 10 heteroatoms. The Morgan fingerprint density at radius 2 is 2.00 bits per heavy atom. The number of hydrogen-bond acceptors (Lipinski definition) is 7. The average Bonchev–Trinajstić information content (AvgIpc) is 3.46. The Morgan fingerprint density at radius 1 is 1.23 bits per heavy atom. The van der Waals surface area contributed by atoms with Crippen LogP contribution in [0.4, 0.5) is 18.3 Å². The van der Waals surface area contributed by atoms with Crippen molar-refractivity contribution < 1.29 is 27.4 Å². The lowest BCUT2D eigenvalue weighted by molar-refractivity contribution is -0.254. The summed E-state index contributed by atoms with van der Waals surface area (Å²) >= 11 is 0.962. The van der Waals surface area contributed by atoms with Crippen molar-refractivity contribution in [2.75, 3.05) is 12.1 Å². The predicted molar refractivity (Wildman–Crippen MR) is 107 cm³/mol. The van der Waals surface area contributed by atoms with Crippen LogP contribution >= 0.6 is 11.3 Å². The highest BCUT2D eigenvalue weighted by Gasteiger charge is 2.62. The van der Waals surface area contributed by atoms with Crippen LogP contribution in [0.2, 0.25) is 0 Å². The molecule has 1 N–H and O–H groups in total. The fourth-order valence-corrected chi connectivity index (χ4v) is 3.76. The molecule has 1 unspecified atom stereocenters. The van der Waals surface area contributed by atoms with Gasteiger partial charge in [0.1, 0.15) is 11.5 Å². The summed E-state index contributed by atoms with van der Waals surface area (Å²) in [5, 5.41) is 16.6. The van der Waals surface area contributed by atoms with Crippen LogP contribution in [0.5, 0.6) is 5.75 Å². The van der Waals surface area contributed by atoms with E-state index in [1.807, 2.05) is 0 Å². The van der Waals surface area contributed by atoms with Crippen LogP contribution in [0.1, 0.15) is 12.2 Å². The van der Waals surface area contributed by atoms with E-state index in [0.29, 0.717) is 27.8 Å². The first-order chi connectivity index (χ1) is 14.3. The molecular weight excluding hydrogens is 419 g/mol. The molecule has 0 spiro atoms. The zero-order valence-electron chi connectivity index (χ0n) is 15.6. The maximum absolute atomic E-state index is 13.7. The summed E-state index contributed by atoms with van der Waals surface area (Å²) in [6.45, 7) is 0. The van der Waals surface area contributed by atoms with Crippen LogP contribution in [0.15, 0.2) is 63.6 Å². The molecule has 3 heterocycles. The number of anilines is 1. The standard InChI is InChI=1S/C20H16F3N3O3S/c1-28-15-7-4-13(5-8-15)17-12-30-18(24-17)26-19(27,20(21,22)23)11-14(25-26)6-9-16-3-2-10-29-16/h2-10,12,27H,11H2,1H3/b9-6+. The Labute approximate surface area is 173 Å². The molecule has 3 aromatic rings. The quantitative estimate of drug-likeness (QED) is 0.615. The zero-order valence-corrected chi connectivity index (χ0v) is 16.4. The molecule has 1 aromatic carbocycles. The van der Waals surface area contributed by atoms with Gasteiger partial charge in [0.15, 0.2) is 0 Å². The first-order valence-corrected chi connectivity index (χ1v) is 9.66. The number of hydrazone groups is 1. The number of benzene rings is 1. The molecule has 0 saturated carbocycles. The summed E-state index contributed by atoms with van der Waals surface area (Å²) in [6, 6.07) is 10.3. The number of alkyl halides is 3. The highest BCUT2D eigenvalue weighted by Crippen LogP contribution is 2.44. The van der Waals surface area contributed by atoms with E-state index >= 15 is 0 Å². The molecule has 30 heavy (non-hydrogen) atoms. The lowest BCUT2D eigenvalue weighted by Gasteiger charge is -2.32. The summed E-state index contributed by atoms with van der Waals surface area (Å²) in [6.07, 6.45) is -1.35. The zero-order chi connectivity index (χ0) is 21.4. The molecule has 0 amide bonds. The number of rotatable bonds is 5. The summed E-state index contributed by atoms with van der Waals surface area (Å²) in [5.74, 6) is 1.11. The molecule has 1 aliphatic rings. The summed E-state index contributed by atoms with van der Waals surface area (Å²) in [4.78, 5) is 4.27. The maximum Gasteiger partial charge on any atom is 0.438 e. The van der Waals surface area contributed by atoms with Crippen LogP contribution in [0.3, 0.4) is 0 Å². The van der Waals surface area contributed by atoms with E-state index in [0.717, 1.165) is 11.3 Å². The molecule has 0 radical (unpaired) electrons. The fourth-order valence-electron chi connectivity index (χ4n) is 2.91. The number of nitrogens with zero attached hydrogens (tertiary/aromatic N) is 3. The second-order valence-electron chi connectivity index (χ2n) is 6.49. The molecule has 0 aliphatic carbocycles. The van der Waals surface area contributed by atoms with E-state index in [4.69, 9.17) is 9.15 Å². The topological polar surface area (TPSA) is 71.1 Å². The molecular formula is C20H16F3N3O3S. The third-order valence-electron chi connectivity index (χ3n) is 4.50. The number of ether oxygens (including phenoxy) is 1. The predicted octanol–water partition coefficient (Wildman–Crippen LogP) is 4.94. The summed E-state index contributed by atoms with van der Waals surface area (Å²) in [7, 11) is 1.54. The molecule has 0 bridgehead atoms. The number of halogens is 3. The summed E-state index contributed by atoms with van der Waals surface area (Å²) in [5.41, 5.74) is -1.97. The molecule has 2 aromatic heterocycles. The number of methoxy groups -OCH3 is 1. The lowest BCUT2D eigenvalue weighted by atomic mass is 10.1. The highest BCUT2D eigenvalue weighted by atomic mass is 32.1. The molecule has 156 valence electrons. The Morgan fingerprint density at radius 3 is 2.63 bits per heavy atom. The Kier molecular flexibility index (Phi) is 5.12. The first-order valence-electron chi connectivity index (χ1n) is 8.78. The van der Waals surface area contributed by atoms with E-state index in [2.05, 4.69) is 10.1 Å². The van der Waals surface area contributed by atoms with Gasteiger partial charge in [-0.3, -0.25) is 0 Å². The Hall–Kier alpha value is -3.11. The van der Waals surface area contributed by atoms with Crippen molar-refractivity contribution >= 4 is 28.3 Å². The van der Waals surface area contributed by atoms with Crippen molar-refractivity contribution in [2.45, 2.75) is 18.3 Å². The van der Waals surface area contributed by atoms with Gasteiger partial charge in [-0.2, -0.15) is 23.3 Å². The second-order valence-corrected chi connectivity index (χ2v) is 7.32. The average molecular weight is 435 g/mol. The third kappa shape index (κ3) is 3.71. The summed E-state index contributed by atoms with van der Waals surface area (Å²) < 4.78 is 51.4. The monoisotopic (exact) mass is 435 g/mol. The molecule has 1 aliphatic heterocycles. The van der Waals surface area contributed by atoms with Crippen LogP contribution in [-0.2, 0) is 0 Å². The van der Waals surface area contributed by atoms with Gasteiger partial charge >= 0.3 is 6.18 Å². The molecule has 6 nitrogen and oxygen atoms in total. The van der Waals surface area contributed by atoms with E-state index in [1.54, 1.807) is 41.8 Å². The van der Waals surface area contributed by atoms with Crippen LogP contribution in [0.25, 0.3) is 17.3 Å². The second kappa shape index (κ2) is 7.62. The molecule has 1 atom stereocenters. The van der Waals surface area contributed by atoms with Gasteiger partial charge in [-0.05, 0) is 48.6 Å². The van der Waals surface area contributed by atoms with Gasteiger partial charge in [-0.25, -0.2) is 4.98 Å². The number of hydrogen-bond donors (Lipinski definition) is 1. The van der Waals surface area contributed by atoms with Gasteiger partial charge in [0.05, 0.1) is 31.2 Å². The molecule has 0 saturated heterocycles. The normalized spacial score (nSPS) is 19.5. The Balaban J connectivity index is 1.66. The van der Waals surface area contributed by atoms with Gasteiger partial charge in [-0.1, -0.05) is 0 Å². The van der Waals surface area contributed by atoms with E-state index in [9.17, 15) is 18.3 Å². The SMILES string of the molecule is COc1ccc(-c2csc(N3N=C(/C=C/c4ccco4)CC3(O)C(F)(F)F)n2)cc1. The number of allylic oxidation sites excluding steroid dienone is 1. The minimum Gasteiger partial charge on any atom is -0.497 e. The van der Waals surface area contributed by atoms with Gasteiger partial charge < -0.3 is 14.3 Å². The van der Waals surface area contributed by atoms with Gasteiger partial charge in [0.25, 0.3) is 5.72 Å². The van der Waals surface area contributed by atoms with Crippen LogP contribution in [-0.4, -0.2) is 34.8 Å². The van der Waals surface area contributed by atoms with E-state index in [1.165, 1.54) is 25.5 Å². The number of furan rings is 1. The third-order valence-corrected chi connectivity index (χ3v) is 5.32. The van der Waals surface area contributed by atoms with Crippen molar-refractivity contribution in [3.8, 4) is 17.0 Å². The first kappa shape index (κ1) is 20.2. The minimum atomic E-state index is -4.94.